The summed E-state index contributed by atoms with van der Waals surface area (Å²) in [5.74, 6) is 0. The van der Waals surface area contributed by atoms with Crippen molar-refractivity contribution < 1.29 is 9.85 Å². The maximum absolute atomic E-state index is 11.9. The van der Waals surface area contributed by atoms with Gasteiger partial charge in [0.15, 0.2) is 0 Å². The number of benzene rings is 1. The molecular weight excluding hydrogens is 344 g/mol. The molecule has 6 heteroatoms. The van der Waals surface area contributed by atoms with E-state index in [1.54, 1.807) is 0 Å². The molecule has 1 aromatic carbocycles. The summed E-state index contributed by atoms with van der Waals surface area (Å²) < 4.78 is 0. The third-order valence-corrected chi connectivity index (χ3v) is 6.36. The summed E-state index contributed by atoms with van der Waals surface area (Å²) >= 11 is 0. The molecule has 27 heavy (non-hydrogen) atoms. The number of nitro groups is 2. The van der Waals surface area contributed by atoms with Crippen LogP contribution in [0.15, 0.2) is 6.07 Å². The van der Waals surface area contributed by atoms with Gasteiger partial charge in [-0.1, -0.05) is 62.3 Å². The molecule has 0 aliphatic rings. The van der Waals surface area contributed by atoms with Crippen LogP contribution < -0.4 is 0 Å². The molecule has 0 saturated heterocycles. The first kappa shape index (κ1) is 23.1. The van der Waals surface area contributed by atoms with Crippen molar-refractivity contribution in [2.45, 2.75) is 97.8 Å². The third-order valence-electron chi connectivity index (χ3n) is 6.36. The highest BCUT2D eigenvalue weighted by molar-refractivity contribution is 5.66. The summed E-state index contributed by atoms with van der Waals surface area (Å²) in [6.07, 6.45) is 2.12. The predicted octanol–water partition coefficient (Wildman–Crippen LogP) is 6.57. The van der Waals surface area contributed by atoms with Gasteiger partial charge < -0.3 is 0 Å². The van der Waals surface area contributed by atoms with E-state index in [-0.39, 0.29) is 11.4 Å². The summed E-state index contributed by atoms with van der Waals surface area (Å²) in [6.45, 7) is 18.0. The molecule has 0 bridgehead atoms. The van der Waals surface area contributed by atoms with Crippen molar-refractivity contribution in [2.75, 3.05) is 0 Å². The smallest absolute Gasteiger partial charge is 0.258 e. The fourth-order valence-electron chi connectivity index (χ4n) is 3.52. The molecule has 0 heterocycles. The quantitative estimate of drug-likeness (QED) is 0.378. The Morgan fingerprint density at radius 3 is 1.15 bits per heavy atom. The van der Waals surface area contributed by atoms with Gasteiger partial charge in [0.05, 0.1) is 15.9 Å². The third kappa shape index (κ3) is 4.14. The van der Waals surface area contributed by atoms with Crippen LogP contribution in [0.4, 0.5) is 11.4 Å². The van der Waals surface area contributed by atoms with Gasteiger partial charge >= 0.3 is 0 Å². The SMILES string of the molecule is CCC(C)(C)c1c([N+](=O)[O-])cc([N+](=O)[O-])c(C(C)(C)CC)c1C(C)(C)CC. The second-order valence-electron chi connectivity index (χ2n) is 9.27. The number of hydrogen-bond acceptors (Lipinski definition) is 4. The molecule has 0 unspecified atom stereocenters. The first-order valence-electron chi connectivity index (χ1n) is 9.69. The van der Waals surface area contributed by atoms with Crippen LogP contribution in [0.25, 0.3) is 0 Å². The highest BCUT2D eigenvalue weighted by Gasteiger charge is 2.44. The van der Waals surface area contributed by atoms with Crippen molar-refractivity contribution in [3.05, 3.63) is 43.0 Å². The molecule has 0 saturated carbocycles. The van der Waals surface area contributed by atoms with Gasteiger partial charge in [-0.2, -0.15) is 0 Å². The minimum absolute atomic E-state index is 0.138. The van der Waals surface area contributed by atoms with Crippen LogP contribution in [0.2, 0.25) is 0 Å². The second-order valence-corrected chi connectivity index (χ2v) is 9.27. The van der Waals surface area contributed by atoms with Crippen LogP contribution in [0.1, 0.15) is 98.3 Å². The molecule has 0 aromatic heterocycles. The summed E-state index contributed by atoms with van der Waals surface area (Å²) in [4.78, 5) is 23.0. The summed E-state index contributed by atoms with van der Waals surface area (Å²) in [5.41, 5.74) is 0.412. The molecule has 0 amide bonds. The highest BCUT2D eigenvalue weighted by atomic mass is 16.6. The van der Waals surface area contributed by atoms with Gasteiger partial charge in [0.1, 0.15) is 0 Å². The number of nitro benzene ring substituents is 2. The van der Waals surface area contributed by atoms with Gasteiger partial charge in [-0.3, -0.25) is 20.2 Å². The van der Waals surface area contributed by atoms with E-state index in [0.29, 0.717) is 24.0 Å². The Labute approximate surface area is 162 Å². The lowest BCUT2D eigenvalue weighted by atomic mass is 9.64. The molecule has 0 radical (unpaired) electrons. The van der Waals surface area contributed by atoms with E-state index in [0.717, 1.165) is 12.0 Å². The van der Waals surface area contributed by atoms with Crippen LogP contribution in [0.3, 0.4) is 0 Å². The van der Waals surface area contributed by atoms with E-state index in [1.165, 1.54) is 6.07 Å². The molecule has 0 atom stereocenters. The lowest BCUT2D eigenvalue weighted by Crippen LogP contribution is -2.33. The standard InChI is InChI=1S/C21H34N2O4/c1-10-19(4,5)16-14(22(24)25)13-15(23(26)27)17(20(6,7)11-2)18(16)21(8,9)12-3/h13H,10-12H2,1-9H3. The molecule has 0 fully saturated rings. The summed E-state index contributed by atoms with van der Waals surface area (Å²) in [7, 11) is 0. The Bertz CT molecular complexity index is 697. The monoisotopic (exact) mass is 378 g/mol. The molecule has 152 valence electrons. The summed E-state index contributed by atoms with van der Waals surface area (Å²) in [5, 5.41) is 23.9. The Balaban J connectivity index is 4.40. The second kappa shape index (κ2) is 7.56. The largest absolute Gasteiger partial charge is 0.280 e. The van der Waals surface area contributed by atoms with E-state index < -0.39 is 26.1 Å². The van der Waals surface area contributed by atoms with Crippen molar-refractivity contribution in [1.29, 1.82) is 0 Å². The number of hydrogen-bond donors (Lipinski definition) is 0. The van der Waals surface area contributed by atoms with Gasteiger partial charge in [0.25, 0.3) is 11.4 Å². The number of rotatable bonds is 8. The van der Waals surface area contributed by atoms with Crippen LogP contribution in [0, 0.1) is 20.2 Å². The van der Waals surface area contributed by atoms with Gasteiger partial charge in [0, 0.05) is 11.1 Å². The Hall–Kier alpha value is -1.98. The molecule has 1 rings (SSSR count). The van der Waals surface area contributed by atoms with E-state index >= 15 is 0 Å². The molecule has 1 aromatic rings. The highest BCUT2D eigenvalue weighted by Crippen LogP contribution is 2.51. The first-order chi connectivity index (χ1) is 12.2. The fraction of sp³-hybridized carbons (Fsp3) is 0.714. The molecule has 0 N–H and O–H groups in total. The maximum atomic E-state index is 11.9. The molecule has 0 aliphatic carbocycles. The van der Waals surface area contributed by atoms with Crippen molar-refractivity contribution in [1.82, 2.24) is 0 Å². The normalized spacial score (nSPS) is 12.9. The van der Waals surface area contributed by atoms with Crippen molar-refractivity contribution in [3.63, 3.8) is 0 Å². The van der Waals surface area contributed by atoms with Crippen LogP contribution >= 0.6 is 0 Å². The van der Waals surface area contributed by atoms with Crippen LogP contribution in [0.5, 0.6) is 0 Å². The zero-order valence-electron chi connectivity index (χ0n) is 18.2. The minimum Gasteiger partial charge on any atom is -0.258 e. The maximum Gasteiger partial charge on any atom is 0.280 e. The molecular formula is C21H34N2O4. The van der Waals surface area contributed by atoms with Crippen LogP contribution in [-0.2, 0) is 16.2 Å². The lowest BCUT2D eigenvalue weighted by molar-refractivity contribution is -0.395. The van der Waals surface area contributed by atoms with Gasteiger partial charge in [-0.05, 0) is 41.1 Å². The Morgan fingerprint density at radius 2 is 0.926 bits per heavy atom. The minimum atomic E-state index is -0.474. The fourth-order valence-corrected chi connectivity index (χ4v) is 3.52. The average molecular weight is 379 g/mol. The van der Waals surface area contributed by atoms with Gasteiger partial charge in [-0.25, -0.2) is 0 Å². The van der Waals surface area contributed by atoms with Crippen molar-refractivity contribution in [3.8, 4) is 0 Å². The van der Waals surface area contributed by atoms with Crippen LogP contribution in [-0.4, -0.2) is 9.85 Å². The van der Waals surface area contributed by atoms with E-state index in [4.69, 9.17) is 0 Å². The molecule has 0 spiro atoms. The first-order valence-corrected chi connectivity index (χ1v) is 9.69. The average Bonchev–Trinajstić information content (AvgIpc) is 2.59. The van der Waals surface area contributed by atoms with Gasteiger partial charge in [0.2, 0.25) is 0 Å². The molecule has 6 nitrogen and oxygen atoms in total. The predicted molar refractivity (Wildman–Crippen MR) is 110 cm³/mol. The number of nitrogens with zero attached hydrogens (tertiary/aromatic N) is 2. The Morgan fingerprint density at radius 1 is 0.667 bits per heavy atom. The summed E-state index contributed by atoms with van der Waals surface area (Å²) in [6, 6.07) is 1.19. The molecule has 0 aliphatic heterocycles. The topological polar surface area (TPSA) is 86.3 Å². The van der Waals surface area contributed by atoms with Gasteiger partial charge in [-0.15, -0.1) is 0 Å². The van der Waals surface area contributed by atoms with Crippen molar-refractivity contribution in [2.24, 2.45) is 0 Å². The van der Waals surface area contributed by atoms with E-state index in [2.05, 4.69) is 0 Å². The van der Waals surface area contributed by atoms with E-state index in [9.17, 15) is 20.2 Å². The Kier molecular flexibility index (Phi) is 6.46. The van der Waals surface area contributed by atoms with E-state index in [1.807, 2.05) is 62.3 Å². The zero-order valence-corrected chi connectivity index (χ0v) is 18.2. The van der Waals surface area contributed by atoms with Crippen molar-refractivity contribution >= 4 is 11.4 Å². The zero-order chi connectivity index (χ0) is 21.4. The lowest BCUT2D eigenvalue weighted by Gasteiger charge is -2.38.